The van der Waals surface area contributed by atoms with E-state index in [1.165, 1.54) is 31.0 Å². The standard InChI is InChI=1S/C11H13FO3S/c1-15-11(14)4-5-16-10-3-2-9(12)6-8(10)7-13/h2-3,6,13H,4-5,7H2,1H3. The van der Waals surface area contributed by atoms with E-state index in [1.807, 2.05) is 0 Å². The van der Waals surface area contributed by atoms with Gasteiger partial charge in [0.05, 0.1) is 20.1 Å². The summed E-state index contributed by atoms with van der Waals surface area (Å²) in [5.74, 6) is -0.104. The molecule has 0 aliphatic heterocycles. The van der Waals surface area contributed by atoms with Gasteiger partial charge >= 0.3 is 5.97 Å². The molecule has 0 unspecified atom stereocenters. The number of hydrogen-bond acceptors (Lipinski definition) is 4. The van der Waals surface area contributed by atoms with Gasteiger partial charge in [0.25, 0.3) is 0 Å². The first-order chi connectivity index (χ1) is 7.67. The Morgan fingerprint density at radius 1 is 1.56 bits per heavy atom. The van der Waals surface area contributed by atoms with Gasteiger partial charge in [-0.1, -0.05) is 0 Å². The maximum absolute atomic E-state index is 12.8. The van der Waals surface area contributed by atoms with E-state index in [0.717, 1.165) is 4.90 Å². The summed E-state index contributed by atoms with van der Waals surface area (Å²) in [4.78, 5) is 11.7. The van der Waals surface area contributed by atoms with Crippen LogP contribution >= 0.6 is 11.8 Å². The summed E-state index contributed by atoms with van der Waals surface area (Å²) in [7, 11) is 1.34. The lowest BCUT2D eigenvalue weighted by atomic mass is 10.2. The molecule has 0 aromatic heterocycles. The lowest BCUT2D eigenvalue weighted by molar-refractivity contribution is -0.140. The number of halogens is 1. The highest BCUT2D eigenvalue weighted by atomic mass is 32.2. The molecule has 0 atom stereocenters. The van der Waals surface area contributed by atoms with Crippen molar-refractivity contribution in [1.82, 2.24) is 0 Å². The SMILES string of the molecule is COC(=O)CCSc1ccc(F)cc1CO. The van der Waals surface area contributed by atoms with E-state index < -0.39 is 0 Å². The van der Waals surface area contributed by atoms with Crippen LogP contribution < -0.4 is 0 Å². The molecule has 0 saturated heterocycles. The van der Waals surface area contributed by atoms with Gasteiger partial charge in [0.15, 0.2) is 0 Å². The van der Waals surface area contributed by atoms with Crippen molar-refractivity contribution in [3.05, 3.63) is 29.6 Å². The van der Waals surface area contributed by atoms with Crippen LogP contribution in [-0.4, -0.2) is 23.9 Å². The third kappa shape index (κ3) is 3.83. The van der Waals surface area contributed by atoms with E-state index in [4.69, 9.17) is 5.11 Å². The van der Waals surface area contributed by atoms with Gasteiger partial charge in [-0.2, -0.15) is 0 Å². The number of ether oxygens (including phenoxy) is 1. The zero-order chi connectivity index (χ0) is 12.0. The average Bonchev–Trinajstić information content (AvgIpc) is 2.30. The van der Waals surface area contributed by atoms with Crippen molar-refractivity contribution >= 4 is 17.7 Å². The summed E-state index contributed by atoms with van der Waals surface area (Å²) in [5.41, 5.74) is 0.537. The van der Waals surface area contributed by atoms with E-state index in [2.05, 4.69) is 4.74 Å². The second-order valence-corrected chi connectivity index (χ2v) is 4.22. The van der Waals surface area contributed by atoms with E-state index in [9.17, 15) is 9.18 Å². The molecule has 0 fully saturated rings. The molecule has 16 heavy (non-hydrogen) atoms. The third-order valence-corrected chi connectivity index (χ3v) is 3.10. The maximum Gasteiger partial charge on any atom is 0.306 e. The van der Waals surface area contributed by atoms with E-state index >= 15 is 0 Å². The summed E-state index contributed by atoms with van der Waals surface area (Å²) in [6, 6.07) is 4.23. The van der Waals surface area contributed by atoms with E-state index in [1.54, 1.807) is 6.07 Å². The highest BCUT2D eigenvalue weighted by molar-refractivity contribution is 7.99. The van der Waals surface area contributed by atoms with E-state index in [-0.39, 0.29) is 18.4 Å². The number of hydrogen-bond donors (Lipinski definition) is 1. The van der Waals surface area contributed by atoms with Crippen molar-refractivity contribution in [2.75, 3.05) is 12.9 Å². The number of carbonyl (C=O) groups is 1. The van der Waals surface area contributed by atoms with Crippen LogP contribution in [0.2, 0.25) is 0 Å². The average molecular weight is 244 g/mol. The van der Waals surface area contributed by atoms with Gasteiger partial charge < -0.3 is 9.84 Å². The Morgan fingerprint density at radius 2 is 2.31 bits per heavy atom. The Labute approximate surface area is 97.6 Å². The number of methoxy groups -OCH3 is 1. The second-order valence-electron chi connectivity index (χ2n) is 3.08. The minimum absolute atomic E-state index is 0.210. The first-order valence-electron chi connectivity index (χ1n) is 4.76. The summed E-state index contributed by atoms with van der Waals surface area (Å²) >= 11 is 1.40. The summed E-state index contributed by atoms with van der Waals surface area (Å²) in [6.45, 7) is -0.210. The van der Waals surface area contributed by atoms with Crippen molar-refractivity contribution in [2.24, 2.45) is 0 Å². The van der Waals surface area contributed by atoms with Crippen LogP contribution in [0.15, 0.2) is 23.1 Å². The van der Waals surface area contributed by atoms with Gasteiger partial charge in [0.1, 0.15) is 5.82 Å². The Kier molecular flexibility index (Phi) is 5.28. The molecule has 0 heterocycles. The lowest BCUT2D eigenvalue weighted by Crippen LogP contribution is -2.01. The number of aliphatic hydroxyl groups excluding tert-OH is 1. The molecule has 5 heteroatoms. The third-order valence-electron chi connectivity index (χ3n) is 1.98. The lowest BCUT2D eigenvalue weighted by Gasteiger charge is -2.06. The summed E-state index contributed by atoms with van der Waals surface area (Å²) in [5, 5.41) is 9.03. The highest BCUT2D eigenvalue weighted by Gasteiger charge is 2.06. The van der Waals surface area contributed by atoms with Gasteiger partial charge in [-0.05, 0) is 23.8 Å². The first kappa shape index (κ1) is 13.0. The number of esters is 1. The Hall–Kier alpha value is -1.07. The van der Waals surface area contributed by atoms with Crippen molar-refractivity contribution in [3.8, 4) is 0 Å². The smallest absolute Gasteiger partial charge is 0.306 e. The second kappa shape index (κ2) is 6.50. The summed E-state index contributed by atoms with van der Waals surface area (Å²) < 4.78 is 17.3. The molecule has 3 nitrogen and oxygen atoms in total. The Bertz CT molecular complexity index is 368. The molecule has 0 aliphatic carbocycles. The molecular formula is C11H13FO3S. The fraction of sp³-hybridized carbons (Fsp3) is 0.364. The molecule has 1 aromatic carbocycles. The van der Waals surface area contributed by atoms with Gasteiger partial charge in [-0.15, -0.1) is 11.8 Å². The van der Waals surface area contributed by atoms with Gasteiger partial charge in [-0.3, -0.25) is 4.79 Å². The number of benzene rings is 1. The zero-order valence-corrected chi connectivity index (χ0v) is 9.72. The predicted octanol–water partition coefficient (Wildman–Crippen LogP) is 1.97. The largest absolute Gasteiger partial charge is 0.469 e. The quantitative estimate of drug-likeness (QED) is 0.635. The van der Waals surface area contributed by atoms with Crippen LogP contribution in [0.4, 0.5) is 4.39 Å². The summed E-state index contributed by atoms with van der Waals surface area (Å²) in [6.07, 6.45) is 0.295. The molecule has 1 N–H and O–H groups in total. The van der Waals surface area contributed by atoms with Gasteiger partial charge in [-0.25, -0.2) is 4.39 Å². The van der Waals surface area contributed by atoms with Crippen LogP contribution in [0, 0.1) is 5.82 Å². The number of carbonyl (C=O) groups excluding carboxylic acids is 1. The van der Waals surface area contributed by atoms with Crippen molar-refractivity contribution in [3.63, 3.8) is 0 Å². The van der Waals surface area contributed by atoms with Crippen LogP contribution in [0.3, 0.4) is 0 Å². The Morgan fingerprint density at radius 3 is 2.94 bits per heavy atom. The van der Waals surface area contributed by atoms with Crippen molar-refractivity contribution < 1.29 is 19.0 Å². The molecule has 1 aromatic rings. The van der Waals surface area contributed by atoms with Gasteiger partial charge in [0.2, 0.25) is 0 Å². The van der Waals surface area contributed by atoms with Crippen LogP contribution in [-0.2, 0) is 16.1 Å². The number of rotatable bonds is 5. The molecule has 0 saturated carbocycles. The van der Waals surface area contributed by atoms with Crippen molar-refractivity contribution in [1.29, 1.82) is 0 Å². The molecular weight excluding hydrogens is 231 g/mol. The Balaban J connectivity index is 2.56. The zero-order valence-electron chi connectivity index (χ0n) is 8.90. The van der Waals surface area contributed by atoms with Gasteiger partial charge in [0, 0.05) is 10.6 Å². The topological polar surface area (TPSA) is 46.5 Å². The molecule has 0 amide bonds. The molecule has 0 radical (unpaired) electrons. The fourth-order valence-corrected chi connectivity index (χ4v) is 2.12. The maximum atomic E-state index is 12.8. The monoisotopic (exact) mass is 244 g/mol. The minimum Gasteiger partial charge on any atom is -0.469 e. The number of thioether (sulfide) groups is 1. The molecule has 0 aliphatic rings. The van der Waals surface area contributed by atoms with Crippen LogP contribution in [0.25, 0.3) is 0 Å². The molecule has 0 spiro atoms. The molecule has 88 valence electrons. The van der Waals surface area contributed by atoms with Crippen LogP contribution in [0.1, 0.15) is 12.0 Å². The molecule has 1 rings (SSSR count). The predicted molar refractivity (Wildman–Crippen MR) is 59.7 cm³/mol. The number of aliphatic hydroxyl groups is 1. The minimum atomic E-state index is -0.374. The normalized spacial score (nSPS) is 10.2. The first-order valence-corrected chi connectivity index (χ1v) is 5.75. The van der Waals surface area contributed by atoms with Crippen molar-refractivity contribution in [2.45, 2.75) is 17.9 Å². The van der Waals surface area contributed by atoms with E-state index in [0.29, 0.717) is 17.7 Å². The molecule has 0 bridgehead atoms. The fourth-order valence-electron chi connectivity index (χ4n) is 1.16. The van der Waals surface area contributed by atoms with Crippen LogP contribution in [0.5, 0.6) is 0 Å². The highest BCUT2D eigenvalue weighted by Crippen LogP contribution is 2.24.